The number of anilines is 1. The molecule has 146 valence electrons. The lowest BCUT2D eigenvalue weighted by molar-refractivity contribution is 0.0945. The monoisotopic (exact) mass is 397 g/mol. The van der Waals surface area contributed by atoms with Crippen LogP contribution in [0.1, 0.15) is 21.7 Å². The number of hydrogen-bond acceptors (Lipinski definition) is 6. The zero-order chi connectivity index (χ0) is 19.5. The molecule has 1 aliphatic heterocycles. The third kappa shape index (κ3) is 3.77. The predicted molar refractivity (Wildman–Crippen MR) is 111 cm³/mol. The van der Waals surface area contributed by atoms with Crippen LogP contribution in [0.5, 0.6) is 5.75 Å². The van der Waals surface area contributed by atoms with Crippen LogP contribution in [0.2, 0.25) is 0 Å². The van der Waals surface area contributed by atoms with Crippen molar-refractivity contribution in [3.63, 3.8) is 0 Å². The van der Waals surface area contributed by atoms with Gasteiger partial charge in [-0.1, -0.05) is 18.2 Å². The van der Waals surface area contributed by atoms with Crippen molar-refractivity contribution in [1.29, 1.82) is 0 Å². The standard InChI is InChI=1S/C20H23N5O2S/c1-14-13-25-17(19(22-14)24-7-9-28-10-8-24)11-16(23-25)20(26)21-12-15-5-3-4-6-18(15)27-2/h3-6,11,13H,7-10,12H2,1-2H3,(H,21,26). The molecule has 8 heteroatoms. The molecule has 4 rings (SSSR count). The van der Waals surface area contributed by atoms with Crippen molar-refractivity contribution in [1.82, 2.24) is 19.9 Å². The minimum Gasteiger partial charge on any atom is -0.496 e. The Bertz CT molecular complexity index is 997. The number of aromatic nitrogens is 3. The first-order valence-electron chi connectivity index (χ1n) is 9.25. The number of nitrogens with zero attached hydrogens (tertiary/aromatic N) is 4. The van der Waals surface area contributed by atoms with Gasteiger partial charge in [0.25, 0.3) is 5.91 Å². The van der Waals surface area contributed by atoms with E-state index in [1.54, 1.807) is 11.6 Å². The molecule has 1 saturated heterocycles. The highest BCUT2D eigenvalue weighted by Gasteiger charge is 2.19. The van der Waals surface area contributed by atoms with E-state index in [0.29, 0.717) is 12.2 Å². The molecule has 0 saturated carbocycles. The summed E-state index contributed by atoms with van der Waals surface area (Å²) in [5, 5.41) is 7.42. The number of rotatable bonds is 5. The number of ether oxygens (including phenoxy) is 1. The van der Waals surface area contributed by atoms with E-state index in [9.17, 15) is 4.79 Å². The topological polar surface area (TPSA) is 71.8 Å². The first kappa shape index (κ1) is 18.6. The van der Waals surface area contributed by atoms with Crippen molar-refractivity contribution in [2.45, 2.75) is 13.5 Å². The average molecular weight is 398 g/mol. The summed E-state index contributed by atoms with van der Waals surface area (Å²) in [4.78, 5) is 19.7. The van der Waals surface area contributed by atoms with Gasteiger partial charge in [-0.2, -0.15) is 16.9 Å². The van der Waals surface area contributed by atoms with Gasteiger partial charge < -0.3 is 15.0 Å². The van der Waals surface area contributed by atoms with Crippen LogP contribution in [0.3, 0.4) is 0 Å². The van der Waals surface area contributed by atoms with E-state index in [1.807, 2.05) is 55.2 Å². The second-order valence-electron chi connectivity index (χ2n) is 6.66. The van der Waals surface area contributed by atoms with Crippen LogP contribution in [0.25, 0.3) is 5.52 Å². The minimum atomic E-state index is -0.215. The van der Waals surface area contributed by atoms with E-state index in [4.69, 9.17) is 9.72 Å². The molecule has 0 bridgehead atoms. The lowest BCUT2D eigenvalue weighted by atomic mass is 10.2. The number of amides is 1. The Hall–Kier alpha value is -2.74. The molecule has 0 radical (unpaired) electrons. The molecule has 0 unspecified atom stereocenters. The number of benzene rings is 1. The molecule has 0 spiro atoms. The van der Waals surface area contributed by atoms with Gasteiger partial charge in [0.1, 0.15) is 11.3 Å². The second-order valence-corrected chi connectivity index (χ2v) is 7.88. The third-order valence-electron chi connectivity index (χ3n) is 4.73. The first-order chi connectivity index (χ1) is 13.7. The van der Waals surface area contributed by atoms with Crippen molar-refractivity contribution in [2.24, 2.45) is 0 Å². The van der Waals surface area contributed by atoms with Crippen LogP contribution >= 0.6 is 11.8 Å². The molecule has 7 nitrogen and oxygen atoms in total. The zero-order valence-electron chi connectivity index (χ0n) is 16.0. The summed E-state index contributed by atoms with van der Waals surface area (Å²) in [6.07, 6.45) is 1.86. The third-order valence-corrected chi connectivity index (χ3v) is 5.67. The fraction of sp³-hybridized carbons (Fsp3) is 0.350. The SMILES string of the molecule is COc1ccccc1CNC(=O)c1cc2c(N3CCSCC3)nc(C)cn2n1. The van der Waals surface area contributed by atoms with Crippen LogP contribution in [0.4, 0.5) is 5.82 Å². The van der Waals surface area contributed by atoms with Gasteiger partial charge in [0.05, 0.1) is 19.0 Å². The van der Waals surface area contributed by atoms with E-state index in [-0.39, 0.29) is 5.91 Å². The number of fused-ring (bicyclic) bond motifs is 1. The first-order valence-corrected chi connectivity index (χ1v) is 10.4. The Kier molecular flexibility index (Phi) is 5.38. The summed E-state index contributed by atoms with van der Waals surface area (Å²) in [7, 11) is 1.62. The van der Waals surface area contributed by atoms with E-state index >= 15 is 0 Å². The average Bonchev–Trinajstić information content (AvgIpc) is 3.16. The largest absolute Gasteiger partial charge is 0.496 e. The summed E-state index contributed by atoms with van der Waals surface area (Å²) in [6, 6.07) is 9.46. The number of hydrogen-bond donors (Lipinski definition) is 1. The van der Waals surface area contributed by atoms with Crippen molar-refractivity contribution in [3.8, 4) is 5.75 Å². The van der Waals surface area contributed by atoms with Gasteiger partial charge in [0.15, 0.2) is 11.5 Å². The molecule has 0 atom stereocenters. The molecule has 1 fully saturated rings. The minimum absolute atomic E-state index is 0.215. The van der Waals surface area contributed by atoms with Crippen molar-refractivity contribution in [2.75, 3.05) is 36.6 Å². The van der Waals surface area contributed by atoms with E-state index in [1.165, 1.54) is 0 Å². The summed E-state index contributed by atoms with van der Waals surface area (Å²) in [6.45, 7) is 4.24. The summed E-state index contributed by atoms with van der Waals surface area (Å²) >= 11 is 1.95. The van der Waals surface area contributed by atoms with Gasteiger partial charge in [-0.15, -0.1) is 0 Å². The molecule has 0 aliphatic carbocycles. The van der Waals surface area contributed by atoms with E-state index < -0.39 is 0 Å². The predicted octanol–water partition coefficient (Wildman–Crippen LogP) is 2.53. The van der Waals surface area contributed by atoms with Gasteiger partial charge in [0.2, 0.25) is 0 Å². The van der Waals surface area contributed by atoms with Gasteiger partial charge in [0, 0.05) is 42.8 Å². The fourth-order valence-electron chi connectivity index (χ4n) is 3.32. The number of thioether (sulfide) groups is 1. The van der Waals surface area contributed by atoms with Gasteiger partial charge in [-0.05, 0) is 13.0 Å². The maximum Gasteiger partial charge on any atom is 0.272 e. The van der Waals surface area contributed by atoms with Crippen molar-refractivity contribution < 1.29 is 9.53 Å². The molecule has 1 amide bonds. The molecule has 1 aliphatic rings. The van der Waals surface area contributed by atoms with Crippen LogP contribution in [-0.2, 0) is 6.54 Å². The number of carbonyl (C=O) groups excluding carboxylic acids is 1. The molecule has 1 aromatic carbocycles. The Morgan fingerprint density at radius 3 is 2.86 bits per heavy atom. The molecular formula is C20H23N5O2S. The molecular weight excluding hydrogens is 374 g/mol. The molecule has 1 N–H and O–H groups in total. The van der Waals surface area contributed by atoms with Crippen LogP contribution in [0, 0.1) is 6.92 Å². The lowest BCUT2D eigenvalue weighted by Gasteiger charge is -2.28. The molecule has 2 aromatic heterocycles. The lowest BCUT2D eigenvalue weighted by Crippen LogP contribution is -2.33. The number of nitrogens with one attached hydrogen (secondary N) is 1. The summed E-state index contributed by atoms with van der Waals surface area (Å²) < 4.78 is 7.10. The number of aryl methyl sites for hydroxylation is 1. The molecule has 28 heavy (non-hydrogen) atoms. The Morgan fingerprint density at radius 2 is 2.07 bits per heavy atom. The fourth-order valence-corrected chi connectivity index (χ4v) is 4.23. The molecule has 3 aromatic rings. The number of methoxy groups -OCH3 is 1. The van der Waals surface area contributed by atoms with Crippen LogP contribution < -0.4 is 15.0 Å². The Labute approximate surface area is 168 Å². The highest BCUT2D eigenvalue weighted by atomic mass is 32.2. The van der Waals surface area contributed by atoms with E-state index in [2.05, 4.69) is 15.3 Å². The Morgan fingerprint density at radius 1 is 1.29 bits per heavy atom. The quantitative estimate of drug-likeness (QED) is 0.713. The second kappa shape index (κ2) is 8.10. The summed E-state index contributed by atoms with van der Waals surface area (Å²) in [5.41, 5.74) is 3.05. The maximum absolute atomic E-state index is 12.7. The van der Waals surface area contributed by atoms with Crippen molar-refractivity contribution >= 4 is 29.0 Å². The molecule has 3 heterocycles. The van der Waals surface area contributed by atoms with Crippen LogP contribution in [0.15, 0.2) is 36.5 Å². The van der Waals surface area contributed by atoms with Gasteiger partial charge in [-0.25, -0.2) is 9.50 Å². The highest BCUT2D eigenvalue weighted by Crippen LogP contribution is 2.24. The van der Waals surface area contributed by atoms with Gasteiger partial charge in [-0.3, -0.25) is 4.79 Å². The normalized spacial score (nSPS) is 14.3. The Balaban J connectivity index is 1.57. The maximum atomic E-state index is 12.7. The highest BCUT2D eigenvalue weighted by molar-refractivity contribution is 7.99. The van der Waals surface area contributed by atoms with E-state index in [0.717, 1.165) is 52.9 Å². The summed E-state index contributed by atoms with van der Waals surface area (Å²) in [5.74, 6) is 3.61. The van der Waals surface area contributed by atoms with Gasteiger partial charge >= 0.3 is 0 Å². The number of para-hydroxylation sites is 1. The number of carbonyl (C=O) groups is 1. The van der Waals surface area contributed by atoms with Crippen molar-refractivity contribution in [3.05, 3.63) is 53.5 Å². The zero-order valence-corrected chi connectivity index (χ0v) is 16.8. The smallest absolute Gasteiger partial charge is 0.272 e. The van der Waals surface area contributed by atoms with Crippen LogP contribution in [-0.4, -0.2) is 52.2 Å².